The zero-order chi connectivity index (χ0) is 16.4. The summed E-state index contributed by atoms with van der Waals surface area (Å²) in [6.45, 7) is 0. The third kappa shape index (κ3) is 3.14. The van der Waals surface area contributed by atoms with E-state index in [0.717, 1.165) is 24.3 Å². The molecule has 0 heterocycles. The summed E-state index contributed by atoms with van der Waals surface area (Å²) in [4.78, 5) is 12.0. The number of hydrogen-bond acceptors (Lipinski definition) is 7. The molecule has 7 heteroatoms. The molecule has 2 aromatic rings. The van der Waals surface area contributed by atoms with Crippen LogP contribution in [0.5, 0.6) is 34.5 Å². The number of aromatic hydroxyl groups is 6. The molecule has 0 saturated heterocycles. The van der Waals surface area contributed by atoms with Crippen molar-refractivity contribution in [2.45, 2.75) is 12.8 Å². The number of phenols is 6. The number of benzene rings is 2. The van der Waals surface area contributed by atoms with Gasteiger partial charge in [-0.25, -0.2) is 0 Å². The Hall–Kier alpha value is -3.09. The van der Waals surface area contributed by atoms with Crippen LogP contribution in [0.4, 0.5) is 0 Å². The second-order valence-corrected chi connectivity index (χ2v) is 4.82. The highest BCUT2D eigenvalue weighted by molar-refractivity contribution is 5.85. The molecule has 0 atom stereocenters. The van der Waals surface area contributed by atoms with Crippen LogP contribution < -0.4 is 0 Å². The summed E-state index contributed by atoms with van der Waals surface area (Å²) in [6, 6.07) is 3.94. The minimum atomic E-state index is -0.507. The molecule has 0 aliphatic carbocycles. The van der Waals surface area contributed by atoms with Crippen molar-refractivity contribution in [2.24, 2.45) is 0 Å². The molecule has 0 fully saturated rings. The Labute approximate surface area is 125 Å². The van der Waals surface area contributed by atoms with Crippen LogP contribution in [-0.4, -0.2) is 36.4 Å². The number of rotatable bonds is 4. The monoisotopic (exact) mass is 306 g/mol. The van der Waals surface area contributed by atoms with Gasteiger partial charge in [-0.05, 0) is 0 Å². The first-order valence-corrected chi connectivity index (χ1v) is 6.27. The maximum Gasteiger partial charge on any atom is 0.142 e. The first-order chi connectivity index (χ1) is 10.3. The maximum absolute atomic E-state index is 12.0. The predicted molar refractivity (Wildman–Crippen MR) is 75.3 cm³/mol. The average Bonchev–Trinajstić information content (AvgIpc) is 2.38. The fourth-order valence-corrected chi connectivity index (χ4v) is 2.07. The highest BCUT2D eigenvalue weighted by atomic mass is 16.3. The summed E-state index contributed by atoms with van der Waals surface area (Å²) in [5, 5.41) is 56.9. The predicted octanol–water partition coefficient (Wildman–Crippen LogP) is 1.27. The standard InChI is InChI=1S/C15H14O7/c16-7(1-10-12(19)3-8(17)4-13(10)20)2-11-14(21)5-9(18)6-15(11)22/h3-6,17-22H,1-2H2. The molecule has 116 valence electrons. The molecular formula is C15H14O7. The smallest absolute Gasteiger partial charge is 0.142 e. The minimum absolute atomic E-state index is 0.0689. The Morgan fingerprint density at radius 1 is 0.636 bits per heavy atom. The van der Waals surface area contributed by atoms with Crippen LogP contribution in [0.15, 0.2) is 24.3 Å². The van der Waals surface area contributed by atoms with Crippen LogP contribution in [-0.2, 0) is 17.6 Å². The fraction of sp³-hybridized carbons (Fsp3) is 0.133. The molecule has 0 spiro atoms. The van der Waals surface area contributed by atoms with Gasteiger partial charge in [0.1, 0.15) is 40.3 Å². The number of Topliss-reactive ketones (excluding diaryl/α,β-unsaturated/α-hetero) is 1. The summed E-state index contributed by atoms with van der Waals surface area (Å²) in [5.74, 6) is -2.96. The summed E-state index contributed by atoms with van der Waals surface area (Å²) >= 11 is 0. The van der Waals surface area contributed by atoms with Gasteiger partial charge in [0.2, 0.25) is 0 Å². The van der Waals surface area contributed by atoms with Gasteiger partial charge in [0.25, 0.3) is 0 Å². The van der Waals surface area contributed by atoms with E-state index in [2.05, 4.69) is 0 Å². The summed E-state index contributed by atoms with van der Waals surface area (Å²) in [7, 11) is 0. The number of ketones is 1. The van der Waals surface area contributed by atoms with Gasteiger partial charge < -0.3 is 30.6 Å². The zero-order valence-electron chi connectivity index (χ0n) is 11.3. The third-order valence-electron chi connectivity index (χ3n) is 3.12. The first kappa shape index (κ1) is 15.3. The van der Waals surface area contributed by atoms with Gasteiger partial charge in [-0.15, -0.1) is 0 Å². The molecule has 0 aliphatic rings. The summed E-state index contributed by atoms with van der Waals surface area (Å²) in [6.07, 6.45) is -0.727. The van der Waals surface area contributed by atoms with E-state index in [1.807, 2.05) is 0 Å². The second kappa shape index (κ2) is 5.72. The van der Waals surface area contributed by atoms with Gasteiger partial charge in [-0.1, -0.05) is 0 Å². The van der Waals surface area contributed by atoms with Crippen molar-refractivity contribution in [3.8, 4) is 34.5 Å². The van der Waals surface area contributed by atoms with E-state index in [0.29, 0.717) is 0 Å². The van der Waals surface area contributed by atoms with Crippen molar-refractivity contribution in [2.75, 3.05) is 0 Å². The van der Waals surface area contributed by atoms with Crippen LogP contribution >= 0.6 is 0 Å². The van der Waals surface area contributed by atoms with Crippen LogP contribution in [0.1, 0.15) is 11.1 Å². The molecule has 7 nitrogen and oxygen atoms in total. The molecule has 0 aliphatic heterocycles. The van der Waals surface area contributed by atoms with Crippen LogP contribution in [0, 0.1) is 0 Å². The van der Waals surface area contributed by atoms with E-state index in [1.54, 1.807) is 0 Å². The van der Waals surface area contributed by atoms with E-state index in [-0.39, 0.29) is 35.5 Å². The number of hydrogen-bond donors (Lipinski definition) is 6. The van der Waals surface area contributed by atoms with Crippen LogP contribution in [0.25, 0.3) is 0 Å². The SMILES string of the molecule is O=C(Cc1c(O)cc(O)cc1O)Cc1c(O)cc(O)cc1O. The molecule has 0 unspecified atom stereocenters. The highest BCUT2D eigenvalue weighted by Crippen LogP contribution is 2.35. The molecule has 2 rings (SSSR count). The van der Waals surface area contributed by atoms with E-state index >= 15 is 0 Å². The quantitative estimate of drug-likeness (QED) is 0.500. The van der Waals surface area contributed by atoms with Gasteiger partial charge in [0.05, 0.1) is 0 Å². The van der Waals surface area contributed by atoms with Gasteiger partial charge in [0, 0.05) is 48.2 Å². The van der Waals surface area contributed by atoms with Crippen molar-refractivity contribution in [1.82, 2.24) is 0 Å². The normalized spacial score (nSPS) is 10.5. The molecular weight excluding hydrogens is 292 g/mol. The Morgan fingerprint density at radius 3 is 1.18 bits per heavy atom. The van der Waals surface area contributed by atoms with Crippen molar-refractivity contribution in [3.63, 3.8) is 0 Å². The van der Waals surface area contributed by atoms with Crippen molar-refractivity contribution < 1.29 is 35.4 Å². The lowest BCUT2D eigenvalue weighted by molar-refractivity contribution is -0.117. The highest BCUT2D eigenvalue weighted by Gasteiger charge is 2.18. The van der Waals surface area contributed by atoms with Gasteiger partial charge in [0.15, 0.2) is 0 Å². The Morgan fingerprint density at radius 2 is 0.909 bits per heavy atom. The average molecular weight is 306 g/mol. The lowest BCUT2D eigenvalue weighted by Gasteiger charge is -2.10. The van der Waals surface area contributed by atoms with Gasteiger partial charge in [-0.3, -0.25) is 4.79 Å². The first-order valence-electron chi connectivity index (χ1n) is 6.27. The minimum Gasteiger partial charge on any atom is -0.508 e. The van der Waals surface area contributed by atoms with E-state index < -0.39 is 28.8 Å². The molecule has 2 aromatic carbocycles. The topological polar surface area (TPSA) is 138 Å². The van der Waals surface area contributed by atoms with Crippen molar-refractivity contribution >= 4 is 5.78 Å². The molecule has 22 heavy (non-hydrogen) atoms. The van der Waals surface area contributed by atoms with E-state index in [4.69, 9.17) is 0 Å². The fourth-order valence-electron chi connectivity index (χ4n) is 2.07. The third-order valence-corrected chi connectivity index (χ3v) is 3.12. The largest absolute Gasteiger partial charge is 0.508 e. The van der Waals surface area contributed by atoms with Gasteiger partial charge >= 0.3 is 0 Å². The molecule has 0 bridgehead atoms. The van der Waals surface area contributed by atoms with Crippen LogP contribution in [0.2, 0.25) is 0 Å². The zero-order valence-corrected chi connectivity index (χ0v) is 11.3. The second-order valence-electron chi connectivity index (χ2n) is 4.82. The van der Waals surface area contributed by atoms with Crippen molar-refractivity contribution in [1.29, 1.82) is 0 Å². The van der Waals surface area contributed by atoms with Gasteiger partial charge in [-0.2, -0.15) is 0 Å². The molecule has 0 aromatic heterocycles. The van der Waals surface area contributed by atoms with Crippen molar-refractivity contribution in [3.05, 3.63) is 35.4 Å². The Kier molecular flexibility index (Phi) is 3.98. The number of carbonyl (C=O) groups excluding carboxylic acids is 1. The Balaban J connectivity index is 2.22. The maximum atomic E-state index is 12.0. The van der Waals surface area contributed by atoms with E-state index in [9.17, 15) is 35.4 Å². The molecule has 6 N–H and O–H groups in total. The lowest BCUT2D eigenvalue weighted by Crippen LogP contribution is -2.07. The van der Waals surface area contributed by atoms with Crippen LogP contribution in [0.3, 0.4) is 0 Å². The number of phenolic OH excluding ortho intramolecular Hbond substituents is 6. The molecule has 0 amide bonds. The van der Waals surface area contributed by atoms with E-state index in [1.165, 1.54) is 0 Å². The Bertz CT molecular complexity index is 629. The summed E-state index contributed by atoms with van der Waals surface area (Å²) in [5.41, 5.74) is -0.138. The number of carbonyl (C=O) groups is 1. The lowest BCUT2D eigenvalue weighted by atomic mass is 10.00. The molecule has 0 radical (unpaired) electrons. The summed E-state index contributed by atoms with van der Waals surface area (Å²) < 4.78 is 0. The molecule has 0 saturated carbocycles.